The molecule has 0 spiro atoms. The maximum atomic E-state index is 6.47. The number of hydrogen-bond acceptors (Lipinski definition) is 1. The van der Waals surface area contributed by atoms with Gasteiger partial charge in [0.05, 0.1) is 0 Å². The van der Waals surface area contributed by atoms with Gasteiger partial charge in [-0.1, -0.05) is 48.9 Å². The third-order valence-electron chi connectivity index (χ3n) is 4.02. The van der Waals surface area contributed by atoms with Gasteiger partial charge in [0.1, 0.15) is 0 Å². The second-order valence-electron chi connectivity index (χ2n) is 5.43. The van der Waals surface area contributed by atoms with Gasteiger partial charge in [-0.25, -0.2) is 0 Å². The summed E-state index contributed by atoms with van der Waals surface area (Å²) in [6.45, 7) is 3.96. The Balaban J connectivity index is 1.90. The van der Waals surface area contributed by atoms with Gasteiger partial charge in [0.25, 0.3) is 0 Å². The topological polar surface area (TPSA) is 12.0 Å². The van der Waals surface area contributed by atoms with Gasteiger partial charge < -0.3 is 5.32 Å². The fraction of sp³-hybridized carbons (Fsp3) is 0.333. The van der Waals surface area contributed by atoms with Crippen LogP contribution in [-0.4, -0.2) is 6.54 Å². The highest BCUT2D eigenvalue weighted by atomic mass is 35.5. The van der Waals surface area contributed by atoms with Crippen LogP contribution in [0.3, 0.4) is 0 Å². The van der Waals surface area contributed by atoms with Crippen LogP contribution in [0.2, 0.25) is 5.02 Å². The van der Waals surface area contributed by atoms with E-state index in [9.17, 15) is 0 Å². The maximum absolute atomic E-state index is 6.47. The van der Waals surface area contributed by atoms with Crippen molar-refractivity contribution in [3.63, 3.8) is 0 Å². The quantitative estimate of drug-likeness (QED) is 0.865. The molecule has 0 saturated heterocycles. The number of hydrogen-bond donors (Lipinski definition) is 1. The lowest BCUT2D eigenvalue weighted by molar-refractivity contribution is 0.727. The molecule has 20 heavy (non-hydrogen) atoms. The lowest BCUT2D eigenvalue weighted by Gasteiger charge is -2.09. The molecule has 0 radical (unpaired) electrons. The normalized spacial score (nSPS) is 13.5. The molecular formula is C18H20ClN. The first-order valence-corrected chi connectivity index (χ1v) is 7.77. The SMILES string of the molecule is CCNCc1ccc(-c2ccc3c(c2)CCC3)c(Cl)c1. The second kappa shape index (κ2) is 5.99. The molecule has 1 aliphatic rings. The molecule has 0 fully saturated rings. The number of nitrogens with one attached hydrogen (secondary N) is 1. The lowest BCUT2D eigenvalue weighted by atomic mass is 9.99. The highest BCUT2D eigenvalue weighted by Crippen LogP contribution is 2.32. The zero-order valence-corrected chi connectivity index (χ0v) is 12.6. The summed E-state index contributed by atoms with van der Waals surface area (Å²) in [4.78, 5) is 0. The monoisotopic (exact) mass is 285 g/mol. The van der Waals surface area contributed by atoms with E-state index in [4.69, 9.17) is 11.6 Å². The standard InChI is InChI=1S/C18H20ClN/c1-2-20-12-13-6-9-17(18(19)10-13)16-8-7-14-4-3-5-15(14)11-16/h6-11,20H,2-5,12H2,1H3. The van der Waals surface area contributed by atoms with Crippen molar-refractivity contribution in [1.82, 2.24) is 5.32 Å². The zero-order chi connectivity index (χ0) is 13.9. The number of rotatable bonds is 4. The van der Waals surface area contributed by atoms with Crippen molar-refractivity contribution in [2.45, 2.75) is 32.7 Å². The summed E-state index contributed by atoms with van der Waals surface area (Å²) in [5.74, 6) is 0. The number of benzene rings is 2. The summed E-state index contributed by atoms with van der Waals surface area (Å²) in [7, 11) is 0. The van der Waals surface area contributed by atoms with Crippen LogP contribution in [0, 0.1) is 0 Å². The zero-order valence-electron chi connectivity index (χ0n) is 11.9. The van der Waals surface area contributed by atoms with Crippen LogP contribution >= 0.6 is 11.6 Å². The van der Waals surface area contributed by atoms with Crippen molar-refractivity contribution in [2.24, 2.45) is 0 Å². The summed E-state index contributed by atoms with van der Waals surface area (Å²) in [6.07, 6.45) is 3.72. The molecule has 2 aromatic rings. The molecule has 1 aliphatic carbocycles. The van der Waals surface area contributed by atoms with E-state index in [1.54, 1.807) is 0 Å². The number of aryl methyl sites for hydroxylation is 2. The Bertz CT molecular complexity index is 619. The third kappa shape index (κ3) is 2.74. The Morgan fingerprint density at radius 1 is 1.05 bits per heavy atom. The highest BCUT2D eigenvalue weighted by Gasteiger charge is 2.12. The molecule has 0 saturated carbocycles. The van der Waals surface area contributed by atoms with Gasteiger partial charge in [-0.05, 0) is 54.1 Å². The van der Waals surface area contributed by atoms with E-state index in [1.807, 2.05) is 0 Å². The van der Waals surface area contributed by atoms with Crippen LogP contribution in [0.5, 0.6) is 0 Å². The van der Waals surface area contributed by atoms with Crippen LogP contribution in [0.25, 0.3) is 11.1 Å². The molecule has 0 unspecified atom stereocenters. The van der Waals surface area contributed by atoms with Crippen LogP contribution < -0.4 is 5.32 Å². The molecule has 3 rings (SSSR count). The highest BCUT2D eigenvalue weighted by molar-refractivity contribution is 6.33. The largest absolute Gasteiger partial charge is 0.313 e. The molecule has 104 valence electrons. The first kappa shape index (κ1) is 13.7. The van der Waals surface area contributed by atoms with E-state index < -0.39 is 0 Å². The smallest absolute Gasteiger partial charge is 0.0487 e. The Morgan fingerprint density at radius 2 is 1.90 bits per heavy atom. The Morgan fingerprint density at radius 3 is 2.70 bits per heavy atom. The van der Waals surface area contributed by atoms with Crippen LogP contribution in [0.15, 0.2) is 36.4 Å². The van der Waals surface area contributed by atoms with E-state index in [1.165, 1.54) is 41.5 Å². The fourth-order valence-corrected chi connectivity index (χ4v) is 3.22. The van der Waals surface area contributed by atoms with Crippen molar-refractivity contribution in [2.75, 3.05) is 6.54 Å². The third-order valence-corrected chi connectivity index (χ3v) is 4.33. The summed E-state index contributed by atoms with van der Waals surface area (Å²) in [5.41, 5.74) is 6.62. The van der Waals surface area contributed by atoms with E-state index in [2.05, 4.69) is 48.6 Å². The summed E-state index contributed by atoms with van der Waals surface area (Å²) in [5, 5.41) is 4.17. The van der Waals surface area contributed by atoms with Crippen molar-refractivity contribution in [1.29, 1.82) is 0 Å². The first-order valence-electron chi connectivity index (χ1n) is 7.39. The van der Waals surface area contributed by atoms with Gasteiger partial charge in [-0.15, -0.1) is 0 Å². The van der Waals surface area contributed by atoms with Gasteiger partial charge in [0.15, 0.2) is 0 Å². The minimum atomic E-state index is 0.846. The summed E-state index contributed by atoms with van der Waals surface area (Å²) in [6, 6.07) is 13.2. The predicted octanol–water partition coefficient (Wildman–Crippen LogP) is 4.61. The van der Waals surface area contributed by atoms with E-state index >= 15 is 0 Å². The van der Waals surface area contributed by atoms with Gasteiger partial charge in [-0.3, -0.25) is 0 Å². The molecule has 0 atom stereocenters. The Labute approximate surface area is 126 Å². The average molecular weight is 286 g/mol. The Kier molecular flexibility index (Phi) is 4.09. The van der Waals surface area contributed by atoms with E-state index in [0.29, 0.717) is 0 Å². The molecule has 0 aromatic heterocycles. The minimum Gasteiger partial charge on any atom is -0.313 e. The second-order valence-corrected chi connectivity index (χ2v) is 5.84. The molecule has 2 aromatic carbocycles. The lowest BCUT2D eigenvalue weighted by Crippen LogP contribution is -2.11. The first-order chi connectivity index (χ1) is 9.78. The van der Waals surface area contributed by atoms with Crippen LogP contribution in [-0.2, 0) is 19.4 Å². The molecule has 1 nitrogen and oxygen atoms in total. The summed E-state index contributed by atoms with van der Waals surface area (Å²) < 4.78 is 0. The van der Waals surface area contributed by atoms with Crippen LogP contribution in [0.1, 0.15) is 30.0 Å². The van der Waals surface area contributed by atoms with Gasteiger partial charge in [0.2, 0.25) is 0 Å². The number of fused-ring (bicyclic) bond motifs is 1. The van der Waals surface area contributed by atoms with Crippen molar-refractivity contribution >= 4 is 11.6 Å². The predicted molar refractivity (Wildman–Crippen MR) is 86.3 cm³/mol. The maximum Gasteiger partial charge on any atom is 0.0487 e. The molecule has 2 heteroatoms. The van der Waals surface area contributed by atoms with Crippen molar-refractivity contribution in [3.05, 3.63) is 58.1 Å². The summed E-state index contributed by atoms with van der Waals surface area (Å²) >= 11 is 6.47. The van der Waals surface area contributed by atoms with Gasteiger partial charge in [-0.2, -0.15) is 0 Å². The van der Waals surface area contributed by atoms with Gasteiger partial charge in [0, 0.05) is 17.1 Å². The van der Waals surface area contributed by atoms with Crippen molar-refractivity contribution in [3.8, 4) is 11.1 Å². The van der Waals surface area contributed by atoms with E-state index in [-0.39, 0.29) is 0 Å². The average Bonchev–Trinajstić information content (AvgIpc) is 2.92. The molecule has 0 heterocycles. The van der Waals surface area contributed by atoms with Crippen molar-refractivity contribution < 1.29 is 0 Å². The number of halogens is 1. The molecule has 0 amide bonds. The Hall–Kier alpha value is -1.31. The molecule has 1 N–H and O–H groups in total. The molecule has 0 aliphatic heterocycles. The molecule has 0 bridgehead atoms. The van der Waals surface area contributed by atoms with Crippen LogP contribution in [0.4, 0.5) is 0 Å². The minimum absolute atomic E-state index is 0.846. The fourth-order valence-electron chi connectivity index (χ4n) is 2.91. The molecular weight excluding hydrogens is 266 g/mol. The van der Waals surface area contributed by atoms with E-state index in [0.717, 1.165) is 23.7 Å². The van der Waals surface area contributed by atoms with Gasteiger partial charge >= 0.3 is 0 Å².